The third kappa shape index (κ3) is 3.26. The second kappa shape index (κ2) is 7.30. The maximum atomic E-state index is 13.3. The van der Waals surface area contributed by atoms with Gasteiger partial charge in [0.2, 0.25) is 0 Å². The molecule has 4 rings (SSSR count). The maximum absolute atomic E-state index is 13.3. The van der Waals surface area contributed by atoms with Gasteiger partial charge in [-0.3, -0.25) is 5.73 Å². The summed E-state index contributed by atoms with van der Waals surface area (Å²) in [6, 6.07) is 5.27. The van der Waals surface area contributed by atoms with E-state index in [-0.39, 0.29) is 6.04 Å². The topological polar surface area (TPSA) is 111 Å². The van der Waals surface area contributed by atoms with Gasteiger partial charge in [-0.05, 0) is 19.1 Å². The Balaban J connectivity index is 1.84. The fourth-order valence-corrected chi connectivity index (χ4v) is 3.63. The molecule has 4 N–H and O–H groups in total. The number of ether oxygens (including phenoxy) is 1. The molecule has 0 saturated heterocycles. The van der Waals surface area contributed by atoms with Crippen LogP contribution in [0.5, 0.6) is 5.75 Å². The van der Waals surface area contributed by atoms with Gasteiger partial charge < -0.3 is 24.8 Å². The Bertz CT molecular complexity index is 1010. The van der Waals surface area contributed by atoms with Crippen molar-refractivity contribution in [2.45, 2.75) is 25.4 Å². The van der Waals surface area contributed by atoms with Crippen LogP contribution in [0, 0.1) is 5.82 Å². The van der Waals surface area contributed by atoms with Crippen molar-refractivity contribution in [1.29, 1.82) is 0 Å². The van der Waals surface area contributed by atoms with Crippen LogP contribution in [0.4, 0.5) is 15.9 Å². The minimum absolute atomic E-state index is 0.366. The van der Waals surface area contributed by atoms with Crippen LogP contribution in [0.15, 0.2) is 43.1 Å². The van der Waals surface area contributed by atoms with E-state index in [4.69, 9.17) is 16.2 Å². The summed E-state index contributed by atoms with van der Waals surface area (Å²) < 4.78 is 20.6. The number of nitrogens with two attached hydrogens (primary N) is 2. The van der Waals surface area contributed by atoms with Crippen molar-refractivity contribution >= 4 is 11.5 Å². The SMILES string of the molecule is COc1ccc2c(c1)N(C(C)c1ncc(F)cn1)C(N)N(c1cn(C)cn1)C2N. The third-order valence-corrected chi connectivity index (χ3v) is 5.09. The number of aryl methyl sites for hydroxylation is 1. The molecule has 1 aliphatic heterocycles. The third-order valence-electron chi connectivity index (χ3n) is 5.09. The minimum Gasteiger partial charge on any atom is -0.497 e. The zero-order valence-corrected chi connectivity index (χ0v) is 16.4. The van der Waals surface area contributed by atoms with Crippen LogP contribution < -0.4 is 26.0 Å². The highest BCUT2D eigenvalue weighted by Crippen LogP contribution is 2.42. The molecule has 10 heteroatoms. The van der Waals surface area contributed by atoms with Gasteiger partial charge in [-0.1, -0.05) is 0 Å². The van der Waals surface area contributed by atoms with Crippen molar-refractivity contribution in [2.75, 3.05) is 16.9 Å². The van der Waals surface area contributed by atoms with Crippen LogP contribution >= 0.6 is 0 Å². The standard InChI is InChI=1S/C19H23FN8O/c1-11(18-23-7-12(20)8-24-18)27-15-6-13(29-3)4-5-14(15)17(21)28(19(27)22)16-9-26(2)10-25-16/h4-11,17,19H,21-22H2,1-3H3. The molecular weight excluding hydrogens is 375 g/mol. The normalized spacial score (nSPS) is 19.8. The van der Waals surface area contributed by atoms with E-state index >= 15 is 0 Å². The summed E-state index contributed by atoms with van der Waals surface area (Å²) >= 11 is 0. The van der Waals surface area contributed by atoms with E-state index in [0.29, 0.717) is 17.4 Å². The van der Waals surface area contributed by atoms with E-state index in [2.05, 4.69) is 15.0 Å². The molecule has 3 heterocycles. The molecular formula is C19H23FN8O. The molecule has 0 aliphatic carbocycles. The molecule has 0 fully saturated rings. The monoisotopic (exact) mass is 398 g/mol. The number of halogens is 1. The Morgan fingerprint density at radius 1 is 1.17 bits per heavy atom. The lowest BCUT2D eigenvalue weighted by Crippen LogP contribution is -2.61. The average molecular weight is 398 g/mol. The van der Waals surface area contributed by atoms with Gasteiger partial charge >= 0.3 is 0 Å². The van der Waals surface area contributed by atoms with E-state index in [9.17, 15) is 4.39 Å². The lowest BCUT2D eigenvalue weighted by Gasteiger charge is -2.49. The first-order valence-corrected chi connectivity index (χ1v) is 9.12. The smallest absolute Gasteiger partial charge is 0.159 e. The number of benzene rings is 1. The number of anilines is 2. The Morgan fingerprint density at radius 3 is 2.52 bits per heavy atom. The van der Waals surface area contributed by atoms with E-state index in [0.717, 1.165) is 23.6 Å². The Labute approximate surface area is 167 Å². The number of imidazole rings is 1. The van der Waals surface area contributed by atoms with Crippen LogP contribution in [0.1, 0.15) is 30.5 Å². The fourth-order valence-electron chi connectivity index (χ4n) is 3.63. The lowest BCUT2D eigenvalue weighted by atomic mass is 10.0. The molecule has 152 valence electrons. The quantitative estimate of drug-likeness (QED) is 0.682. The molecule has 1 aliphatic rings. The predicted molar refractivity (Wildman–Crippen MR) is 106 cm³/mol. The van der Waals surface area contributed by atoms with Gasteiger partial charge in [-0.2, -0.15) is 0 Å². The van der Waals surface area contributed by atoms with Gasteiger partial charge in [0.15, 0.2) is 23.7 Å². The first-order valence-electron chi connectivity index (χ1n) is 9.12. The van der Waals surface area contributed by atoms with Gasteiger partial charge in [0.1, 0.15) is 11.9 Å². The summed E-state index contributed by atoms with van der Waals surface area (Å²) in [5.74, 6) is 1.26. The van der Waals surface area contributed by atoms with Crippen molar-refractivity contribution in [3.63, 3.8) is 0 Å². The number of hydrogen-bond acceptors (Lipinski definition) is 8. The molecule has 0 spiro atoms. The van der Waals surface area contributed by atoms with Crippen LogP contribution in [0.25, 0.3) is 0 Å². The van der Waals surface area contributed by atoms with Crippen molar-refractivity contribution in [3.05, 3.63) is 60.3 Å². The molecule has 3 aromatic rings. The molecule has 1 aromatic carbocycles. The molecule has 0 radical (unpaired) electrons. The van der Waals surface area contributed by atoms with E-state index in [1.54, 1.807) is 13.4 Å². The van der Waals surface area contributed by atoms with E-state index in [1.165, 1.54) is 0 Å². The lowest BCUT2D eigenvalue weighted by molar-refractivity contribution is 0.409. The van der Waals surface area contributed by atoms with Crippen LogP contribution in [-0.2, 0) is 7.05 Å². The minimum atomic E-state index is -0.664. The van der Waals surface area contributed by atoms with Crippen molar-refractivity contribution in [3.8, 4) is 5.75 Å². The zero-order valence-electron chi connectivity index (χ0n) is 16.4. The first-order chi connectivity index (χ1) is 13.9. The van der Waals surface area contributed by atoms with Gasteiger partial charge in [0.05, 0.1) is 37.6 Å². The zero-order chi connectivity index (χ0) is 20.7. The number of aromatic nitrogens is 4. The van der Waals surface area contributed by atoms with E-state index in [1.807, 2.05) is 52.7 Å². The second-order valence-electron chi connectivity index (χ2n) is 6.93. The largest absolute Gasteiger partial charge is 0.497 e. The summed E-state index contributed by atoms with van der Waals surface area (Å²) in [5.41, 5.74) is 14.9. The molecule has 2 aromatic heterocycles. The highest BCUT2D eigenvalue weighted by Gasteiger charge is 2.40. The molecule has 0 saturated carbocycles. The average Bonchev–Trinajstić information content (AvgIpc) is 3.13. The molecule has 29 heavy (non-hydrogen) atoms. The number of nitrogens with zero attached hydrogens (tertiary/aromatic N) is 6. The van der Waals surface area contributed by atoms with E-state index < -0.39 is 18.3 Å². The summed E-state index contributed by atoms with van der Waals surface area (Å²) in [5, 5.41) is 0. The van der Waals surface area contributed by atoms with Crippen LogP contribution in [-0.4, -0.2) is 32.9 Å². The summed E-state index contributed by atoms with van der Waals surface area (Å²) in [4.78, 5) is 16.5. The van der Waals surface area contributed by atoms with Gasteiger partial charge in [0, 0.05) is 24.9 Å². The Hall–Kier alpha value is -3.24. The molecule has 0 amide bonds. The number of hydrogen-bond donors (Lipinski definition) is 2. The highest BCUT2D eigenvalue weighted by atomic mass is 19.1. The molecule has 9 nitrogen and oxygen atoms in total. The van der Waals surface area contributed by atoms with Gasteiger partial charge in [0.25, 0.3) is 0 Å². The Morgan fingerprint density at radius 2 is 1.90 bits per heavy atom. The predicted octanol–water partition coefficient (Wildman–Crippen LogP) is 1.65. The summed E-state index contributed by atoms with van der Waals surface area (Å²) in [6.07, 6.45) is 4.65. The molecule has 3 unspecified atom stereocenters. The molecule has 0 bridgehead atoms. The van der Waals surface area contributed by atoms with Crippen LogP contribution in [0.3, 0.4) is 0 Å². The van der Waals surface area contributed by atoms with Crippen LogP contribution in [0.2, 0.25) is 0 Å². The Kier molecular flexibility index (Phi) is 4.81. The molecule has 3 atom stereocenters. The van der Waals surface area contributed by atoms with Crippen molar-refractivity contribution < 1.29 is 9.13 Å². The second-order valence-corrected chi connectivity index (χ2v) is 6.93. The first kappa shape index (κ1) is 19.1. The van der Waals surface area contributed by atoms with Gasteiger partial charge in [-0.25, -0.2) is 19.3 Å². The number of rotatable bonds is 4. The van der Waals surface area contributed by atoms with Crippen molar-refractivity contribution in [2.24, 2.45) is 18.5 Å². The summed E-state index contributed by atoms with van der Waals surface area (Å²) in [6.45, 7) is 1.91. The fraction of sp³-hybridized carbons (Fsp3) is 0.316. The number of methoxy groups -OCH3 is 1. The van der Waals surface area contributed by atoms with Gasteiger partial charge in [-0.15, -0.1) is 0 Å². The highest BCUT2D eigenvalue weighted by molar-refractivity contribution is 5.66. The van der Waals surface area contributed by atoms with Crippen molar-refractivity contribution in [1.82, 2.24) is 19.5 Å². The number of fused-ring (bicyclic) bond motifs is 1. The maximum Gasteiger partial charge on any atom is 0.159 e. The summed E-state index contributed by atoms with van der Waals surface area (Å²) in [7, 11) is 3.48.